The Labute approximate surface area is 96.3 Å². The van der Waals surface area contributed by atoms with Gasteiger partial charge < -0.3 is 5.32 Å². The van der Waals surface area contributed by atoms with Gasteiger partial charge >= 0.3 is 0 Å². The summed E-state index contributed by atoms with van der Waals surface area (Å²) in [6.45, 7) is 1.84. The van der Waals surface area contributed by atoms with Gasteiger partial charge in [-0.25, -0.2) is 8.42 Å². The van der Waals surface area contributed by atoms with Gasteiger partial charge in [0, 0.05) is 12.0 Å². The van der Waals surface area contributed by atoms with Gasteiger partial charge in [0.05, 0.1) is 11.8 Å². The van der Waals surface area contributed by atoms with Crippen molar-refractivity contribution in [2.45, 2.75) is 18.9 Å². The van der Waals surface area contributed by atoms with Crippen LogP contribution in [0.1, 0.15) is 13.3 Å². The average Bonchev–Trinajstić information content (AvgIpc) is 2.15. The summed E-state index contributed by atoms with van der Waals surface area (Å²) >= 11 is 1.57. The van der Waals surface area contributed by atoms with Crippen molar-refractivity contribution in [3.05, 3.63) is 0 Å². The Balaban J connectivity index is 3.69. The van der Waals surface area contributed by atoms with Crippen molar-refractivity contribution in [2.75, 3.05) is 30.6 Å². The Morgan fingerprint density at radius 2 is 2.07 bits per heavy atom. The molecule has 0 aliphatic heterocycles. The molecule has 88 valence electrons. The molecule has 0 saturated heterocycles. The predicted octanol–water partition coefficient (Wildman–Crippen LogP) is 0.656. The van der Waals surface area contributed by atoms with Crippen molar-refractivity contribution < 1.29 is 8.42 Å². The maximum atomic E-state index is 10.8. The molecule has 0 saturated carbocycles. The van der Waals surface area contributed by atoms with Crippen molar-refractivity contribution >= 4 is 21.6 Å². The molecule has 0 rings (SSSR count). The largest absolute Gasteiger partial charge is 0.303 e. The third-order valence-corrected chi connectivity index (χ3v) is 4.33. The Bertz CT molecular complexity index is 321. The van der Waals surface area contributed by atoms with E-state index in [0.29, 0.717) is 12.2 Å². The molecule has 0 aromatic heterocycles. The lowest BCUT2D eigenvalue weighted by atomic mass is 10.0. The zero-order valence-electron chi connectivity index (χ0n) is 9.41. The average molecular weight is 250 g/mol. The first-order valence-electron chi connectivity index (χ1n) is 4.68. The lowest BCUT2D eigenvalue weighted by Crippen LogP contribution is -2.38. The van der Waals surface area contributed by atoms with E-state index >= 15 is 0 Å². The minimum atomic E-state index is -2.85. The van der Waals surface area contributed by atoms with Crippen molar-refractivity contribution in [3.8, 4) is 6.07 Å². The molecular formula is C9H18N2O2S2. The standard InChI is InChI=1S/C9H18N2O2S2/c1-9(8-10,11-2)4-5-14-6-7-15(3,12)13/h11H,4-7H2,1-3H3. The monoisotopic (exact) mass is 250 g/mol. The number of hydrogen-bond acceptors (Lipinski definition) is 5. The summed E-state index contributed by atoms with van der Waals surface area (Å²) in [5, 5.41) is 11.8. The number of nitriles is 1. The highest BCUT2D eigenvalue weighted by molar-refractivity contribution is 8.00. The first-order valence-corrected chi connectivity index (χ1v) is 7.90. The van der Waals surface area contributed by atoms with Gasteiger partial charge in [-0.3, -0.25) is 0 Å². The maximum absolute atomic E-state index is 10.8. The second-order valence-corrected chi connectivity index (χ2v) is 7.17. The molecule has 1 N–H and O–H groups in total. The number of thioether (sulfide) groups is 1. The second-order valence-electron chi connectivity index (χ2n) is 3.69. The molecule has 15 heavy (non-hydrogen) atoms. The van der Waals surface area contributed by atoms with Gasteiger partial charge in [0.1, 0.15) is 15.4 Å². The molecule has 4 nitrogen and oxygen atoms in total. The van der Waals surface area contributed by atoms with Crippen molar-refractivity contribution in [2.24, 2.45) is 0 Å². The van der Waals surface area contributed by atoms with Gasteiger partial charge in [-0.2, -0.15) is 17.0 Å². The van der Waals surface area contributed by atoms with Gasteiger partial charge in [-0.15, -0.1) is 0 Å². The highest BCUT2D eigenvalue weighted by atomic mass is 32.2. The second kappa shape index (κ2) is 6.36. The molecule has 0 aromatic rings. The van der Waals surface area contributed by atoms with Crippen LogP contribution in [0.3, 0.4) is 0 Å². The lowest BCUT2D eigenvalue weighted by Gasteiger charge is -2.19. The summed E-state index contributed by atoms with van der Waals surface area (Å²) in [5.41, 5.74) is -0.502. The molecular weight excluding hydrogens is 232 g/mol. The Hall–Kier alpha value is -0.250. The van der Waals surface area contributed by atoms with Crippen LogP contribution in [0.5, 0.6) is 0 Å². The molecule has 0 aliphatic rings. The van der Waals surface area contributed by atoms with E-state index in [1.54, 1.807) is 18.8 Å². The van der Waals surface area contributed by atoms with E-state index in [0.717, 1.165) is 5.75 Å². The fourth-order valence-electron chi connectivity index (χ4n) is 0.825. The fourth-order valence-corrected chi connectivity index (χ4v) is 3.26. The topological polar surface area (TPSA) is 70.0 Å². The van der Waals surface area contributed by atoms with Gasteiger partial charge in [-0.05, 0) is 26.1 Å². The summed E-state index contributed by atoms with van der Waals surface area (Å²) in [4.78, 5) is 0. The zero-order valence-corrected chi connectivity index (χ0v) is 11.0. The third kappa shape index (κ3) is 7.65. The smallest absolute Gasteiger partial charge is 0.148 e. The number of sulfone groups is 1. The van der Waals surface area contributed by atoms with E-state index < -0.39 is 15.4 Å². The molecule has 0 spiro atoms. The van der Waals surface area contributed by atoms with Crippen molar-refractivity contribution in [1.29, 1.82) is 5.26 Å². The first-order chi connectivity index (χ1) is 6.83. The molecule has 0 aromatic carbocycles. The maximum Gasteiger partial charge on any atom is 0.148 e. The highest BCUT2D eigenvalue weighted by Gasteiger charge is 2.20. The van der Waals surface area contributed by atoms with Gasteiger partial charge in [0.25, 0.3) is 0 Å². The summed E-state index contributed by atoms with van der Waals surface area (Å²) in [6, 6.07) is 2.19. The molecule has 0 fully saturated rings. The molecule has 0 aliphatic carbocycles. The van der Waals surface area contributed by atoms with Crippen molar-refractivity contribution in [1.82, 2.24) is 5.32 Å². The Morgan fingerprint density at radius 1 is 1.47 bits per heavy atom. The molecule has 1 unspecified atom stereocenters. The SMILES string of the molecule is CNC(C)(C#N)CCSCCS(C)(=O)=O. The molecule has 1 atom stereocenters. The van der Waals surface area contributed by atoms with Crippen LogP contribution in [-0.2, 0) is 9.84 Å². The minimum absolute atomic E-state index is 0.209. The van der Waals surface area contributed by atoms with Gasteiger partial charge in [0.2, 0.25) is 0 Å². The van der Waals surface area contributed by atoms with E-state index in [9.17, 15) is 8.42 Å². The van der Waals surface area contributed by atoms with Crippen LogP contribution in [-0.4, -0.2) is 44.5 Å². The molecule has 0 amide bonds. The molecule has 0 radical (unpaired) electrons. The molecule has 0 heterocycles. The minimum Gasteiger partial charge on any atom is -0.303 e. The van der Waals surface area contributed by atoms with Gasteiger partial charge in [0.15, 0.2) is 0 Å². The number of nitrogens with zero attached hydrogens (tertiary/aromatic N) is 1. The van der Waals surface area contributed by atoms with Crippen LogP contribution in [0, 0.1) is 11.3 Å². The lowest BCUT2D eigenvalue weighted by molar-refractivity contribution is 0.480. The van der Waals surface area contributed by atoms with E-state index in [1.165, 1.54) is 6.26 Å². The van der Waals surface area contributed by atoms with Crippen LogP contribution >= 0.6 is 11.8 Å². The Morgan fingerprint density at radius 3 is 2.47 bits per heavy atom. The van der Waals surface area contributed by atoms with Crippen LogP contribution in [0.2, 0.25) is 0 Å². The van der Waals surface area contributed by atoms with E-state index in [4.69, 9.17) is 5.26 Å². The quantitative estimate of drug-likeness (QED) is 0.672. The predicted molar refractivity (Wildman–Crippen MR) is 64.7 cm³/mol. The number of rotatable bonds is 7. The van der Waals surface area contributed by atoms with Crippen LogP contribution in [0.15, 0.2) is 0 Å². The van der Waals surface area contributed by atoms with Crippen molar-refractivity contribution in [3.63, 3.8) is 0 Å². The van der Waals surface area contributed by atoms with Gasteiger partial charge in [-0.1, -0.05) is 0 Å². The highest BCUT2D eigenvalue weighted by Crippen LogP contribution is 2.13. The van der Waals surface area contributed by atoms with E-state index in [2.05, 4.69) is 11.4 Å². The zero-order chi connectivity index (χ0) is 11.9. The summed E-state index contributed by atoms with van der Waals surface area (Å²) in [7, 11) is -1.10. The number of nitrogens with one attached hydrogen (secondary N) is 1. The molecule has 6 heteroatoms. The van der Waals surface area contributed by atoms with E-state index in [-0.39, 0.29) is 5.75 Å². The summed E-state index contributed by atoms with van der Waals surface area (Å²) in [6.07, 6.45) is 1.95. The summed E-state index contributed by atoms with van der Waals surface area (Å²) in [5.74, 6) is 1.60. The Kier molecular flexibility index (Phi) is 6.25. The van der Waals surface area contributed by atoms with Crippen LogP contribution in [0.25, 0.3) is 0 Å². The first kappa shape index (κ1) is 14.8. The normalized spacial score (nSPS) is 15.6. The third-order valence-electron chi connectivity index (χ3n) is 2.14. The summed E-state index contributed by atoms with van der Waals surface area (Å²) < 4.78 is 21.7. The van der Waals surface area contributed by atoms with Crippen LogP contribution < -0.4 is 5.32 Å². The van der Waals surface area contributed by atoms with E-state index in [1.807, 2.05) is 6.92 Å². The van der Waals surface area contributed by atoms with Crippen LogP contribution in [0.4, 0.5) is 0 Å². The number of hydrogen-bond donors (Lipinski definition) is 1. The fraction of sp³-hybridized carbons (Fsp3) is 0.889. The molecule has 0 bridgehead atoms.